The SMILES string of the molecule is CN=C(NCCc1ccccc1Cl)NC(C)COC.I. The standard InChI is InChI=1S/C14H22ClN3O.HI/c1-11(10-19-3)18-14(16-2)17-9-8-12-6-4-5-7-13(12)15;/h4-7,11H,8-10H2,1-3H3,(H2,16,17,18);1H. The van der Waals surface area contributed by atoms with Crippen molar-refractivity contribution in [3.05, 3.63) is 34.9 Å². The third-order valence-corrected chi connectivity index (χ3v) is 3.04. The van der Waals surface area contributed by atoms with Crippen LogP contribution in [0.1, 0.15) is 12.5 Å². The van der Waals surface area contributed by atoms with Crippen molar-refractivity contribution in [2.75, 3.05) is 27.3 Å². The van der Waals surface area contributed by atoms with Crippen molar-refractivity contribution >= 4 is 41.5 Å². The Morgan fingerprint density at radius 1 is 1.40 bits per heavy atom. The van der Waals surface area contributed by atoms with Gasteiger partial charge in [0.25, 0.3) is 0 Å². The fraction of sp³-hybridized carbons (Fsp3) is 0.500. The highest BCUT2D eigenvalue weighted by atomic mass is 127. The van der Waals surface area contributed by atoms with E-state index in [2.05, 4.69) is 15.6 Å². The first-order valence-electron chi connectivity index (χ1n) is 6.37. The molecule has 1 atom stereocenters. The number of aliphatic imine (C=N–C) groups is 1. The van der Waals surface area contributed by atoms with Crippen molar-refractivity contribution in [2.45, 2.75) is 19.4 Å². The molecule has 20 heavy (non-hydrogen) atoms. The van der Waals surface area contributed by atoms with E-state index in [9.17, 15) is 0 Å². The Bertz CT molecular complexity index is 415. The number of benzene rings is 1. The topological polar surface area (TPSA) is 45.7 Å². The zero-order valence-corrected chi connectivity index (χ0v) is 15.2. The van der Waals surface area contributed by atoms with Gasteiger partial charge in [-0.15, -0.1) is 24.0 Å². The van der Waals surface area contributed by atoms with Crippen LogP contribution in [0.4, 0.5) is 0 Å². The summed E-state index contributed by atoms with van der Waals surface area (Å²) in [6.07, 6.45) is 0.860. The van der Waals surface area contributed by atoms with Gasteiger partial charge < -0.3 is 15.4 Å². The second kappa shape index (κ2) is 11.2. The van der Waals surface area contributed by atoms with E-state index in [-0.39, 0.29) is 30.0 Å². The van der Waals surface area contributed by atoms with E-state index in [4.69, 9.17) is 16.3 Å². The van der Waals surface area contributed by atoms with Gasteiger partial charge in [0.2, 0.25) is 0 Å². The number of rotatable bonds is 6. The van der Waals surface area contributed by atoms with Crippen LogP contribution in [0, 0.1) is 0 Å². The molecule has 0 aromatic heterocycles. The molecule has 0 aliphatic carbocycles. The molecule has 0 fully saturated rings. The second-order valence-corrected chi connectivity index (χ2v) is 4.75. The first kappa shape index (κ1) is 19.5. The molecule has 6 heteroatoms. The number of guanidine groups is 1. The van der Waals surface area contributed by atoms with E-state index in [1.165, 1.54) is 0 Å². The highest BCUT2D eigenvalue weighted by molar-refractivity contribution is 14.0. The normalized spacial score (nSPS) is 12.5. The van der Waals surface area contributed by atoms with Gasteiger partial charge in [-0.3, -0.25) is 4.99 Å². The smallest absolute Gasteiger partial charge is 0.191 e. The lowest BCUT2D eigenvalue weighted by molar-refractivity contribution is 0.179. The van der Waals surface area contributed by atoms with Crippen molar-refractivity contribution in [3.8, 4) is 0 Å². The Kier molecular flexibility index (Phi) is 10.9. The predicted molar refractivity (Wildman–Crippen MR) is 96.4 cm³/mol. The summed E-state index contributed by atoms with van der Waals surface area (Å²) in [5.74, 6) is 0.775. The monoisotopic (exact) mass is 411 g/mol. The van der Waals surface area contributed by atoms with Crippen molar-refractivity contribution in [1.82, 2.24) is 10.6 Å². The molecule has 0 saturated carbocycles. The Hall–Kier alpha value is -0.530. The highest BCUT2D eigenvalue weighted by Crippen LogP contribution is 2.14. The molecule has 1 unspecified atom stereocenters. The minimum absolute atomic E-state index is 0. The summed E-state index contributed by atoms with van der Waals surface area (Å²) in [4.78, 5) is 4.17. The van der Waals surface area contributed by atoms with Crippen LogP contribution in [-0.4, -0.2) is 39.3 Å². The molecule has 0 radical (unpaired) electrons. The van der Waals surface area contributed by atoms with Crippen LogP contribution in [0.3, 0.4) is 0 Å². The van der Waals surface area contributed by atoms with Gasteiger partial charge in [-0.1, -0.05) is 29.8 Å². The van der Waals surface area contributed by atoms with Crippen LogP contribution in [0.5, 0.6) is 0 Å². The van der Waals surface area contributed by atoms with E-state index >= 15 is 0 Å². The molecule has 1 aromatic carbocycles. The first-order chi connectivity index (χ1) is 9.17. The minimum atomic E-state index is 0. The Morgan fingerprint density at radius 2 is 2.10 bits per heavy atom. The Labute approximate surface area is 143 Å². The molecule has 0 aliphatic rings. The van der Waals surface area contributed by atoms with E-state index in [0.717, 1.165) is 29.5 Å². The van der Waals surface area contributed by atoms with E-state index in [1.807, 2.05) is 31.2 Å². The third kappa shape index (κ3) is 7.31. The summed E-state index contributed by atoms with van der Waals surface area (Å²) >= 11 is 6.11. The van der Waals surface area contributed by atoms with Crippen LogP contribution in [0.25, 0.3) is 0 Å². The van der Waals surface area contributed by atoms with Crippen LogP contribution in [0.15, 0.2) is 29.3 Å². The Morgan fingerprint density at radius 3 is 2.70 bits per heavy atom. The largest absolute Gasteiger partial charge is 0.383 e. The lowest BCUT2D eigenvalue weighted by Crippen LogP contribution is -2.44. The van der Waals surface area contributed by atoms with Gasteiger partial charge >= 0.3 is 0 Å². The van der Waals surface area contributed by atoms with Gasteiger partial charge in [-0.05, 0) is 25.0 Å². The van der Waals surface area contributed by atoms with Gasteiger partial charge in [-0.2, -0.15) is 0 Å². The predicted octanol–water partition coefficient (Wildman–Crippen LogP) is 2.70. The molecule has 0 saturated heterocycles. The maximum atomic E-state index is 6.11. The van der Waals surface area contributed by atoms with Crippen LogP contribution < -0.4 is 10.6 Å². The van der Waals surface area contributed by atoms with E-state index < -0.39 is 0 Å². The maximum absolute atomic E-state index is 6.11. The molecule has 0 amide bonds. The van der Waals surface area contributed by atoms with Crippen molar-refractivity contribution in [3.63, 3.8) is 0 Å². The number of nitrogens with zero attached hydrogens (tertiary/aromatic N) is 1. The Balaban J connectivity index is 0.00000361. The number of hydrogen-bond acceptors (Lipinski definition) is 2. The van der Waals surface area contributed by atoms with Gasteiger partial charge in [-0.25, -0.2) is 0 Å². The molecular weight excluding hydrogens is 389 g/mol. The van der Waals surface area contributed by atoms with Gasteiger partial charge in [0.15, 0.2) is 5.96 Å². The van der Waals surface area contributed by atoms with Gasteiger partial charge in [0.1, 0.15) is 0 Å². The van der Waals surface area contributed by atoms with Crippen molar-refractivity contribution in [1.29, 1.82) is 0 Å². The molecule has 0 aliphatic heterocycles. The number of nitrogens with one attached hydrogen (secondary N) is 2. The number of methoxy groups -OCH3 is 1. The first-order valence-corrected chi connectivity index (χ1v) is 6.74. The molecule has 1 rings (SSSR count). The zero-order valence-electron chi connectivity index (χ0n) is 12.1. The van der Waals surface area contributed by atoms with E-state index in [1.54, 1.807) is 14.2 Å². The summed E-state index contributed by atoms with van der Waals surface area (Å²) < 4.78 is 5.08. The van der Waals surface area contributed by atoms with Crippen molar-refractivity contribution in [2.24, 2.45) is 4.99 Å². The second-order valence-electron chi connectivity index (χ2n) is 4.34. The lowest BCUT2D eigenvalue weighted by atomic mass is 10.1. The number of halogens is 2. The van der Waals surface area contributed by atoms with Crippen molar-refractivity contribution < 1.29 is 4.74 Å². The molecule has 0 spiro atoms. The molecule has 0 bridgehead atoms. The summed E-state index contributed by atoms with van der Waals surface area (Å²) in [6.45, 7) is 3.47. The summed E-state index contributed by atoms with van der Waals surface area (Å²) in [5, 5.41) is 7.31. The molecule has 2 N–H and O–H groups in total. The minimum Gasteiger partial charge on any atom is -0.383 e. The number of ether oxygens (including phenoxy) is 1. The summed E-state index contributed by atoms with van der Waals surface area (Å²) in [7, 11) is 3.44. The fourth-order valence-corrected chi connectivity index (χ4v) is 1.97. The molecule has 1 aromatic rings. The average Bonchev–Trinajstić information content (AvgIpc) is 2.40. The van der Waals surface area contributed by atoms with Gasteiger partial charge in [0, 0.05) is 31.8 Å². The number of hydrogen-bond donors (Lipinski definition) is 2. The third-order valence-electron chi connectivity index (χ3n) is 2.67. The van der Waals surface area contributed by atoms with Crippen LogP contribution in [0.2, 0.25) is 5.02 Å². The molecule has 0 heterocycles. The van der Waals surface area contributed by atoms with E-state index in [0.29, 0.717) is 6.61 Å². The quantitative estimate of drug-likeness (QED) is 0.430. The maximum Gasteiger partial charge on any atom is 0.191 e. The lowest BCUT2D eigenvalue weighted by Gasteiger charge is -2.17. The molecule has 114 valence electrons. The zero-order chi connectivity index (χ0) is 14.1. The van der Waals surface area contributed by atoms with Crippen LogP contribution >= 0.6 is 35.6 Å². The highest BCUT2D eigenvalue weighted by Gasteiger charge is 2.04. The molecule has 4 nitrogen and oxygen atoms in total. The summed E-state index contributed by atoms with van der Waals surface area (Å²) in [6, 6.07) is 8.09. The summed E-state index contributed by atoms with van der Waals surface area (Å²) in [5.41, 5.74) is 1.14. The fourth-order valence-electron chi connectivity index (χ4n) is 1.74. The average molecular weight is 412 g/mol. The van der Waals surface area contributed by atoms with Crippen LogP contribution in [-0.2, 0) is 11.2 Å². The molecular formula is C14H23ClIN3O. The van der Waals surface area contributed by atoms with Gasteiger partial charge in [0.05, 0.1) is 6.61 Å².